The number of allylic oxidation sites excluding steroid dienone is 1. The van der Waals surface area contributed by atoms with Crippen molar-refractivity contribution in [2.75, 3.05) is 5.75 Å². The zero-order valence-corrected chi connectivity index (χ0v) is 16.1. The molecule has 2 aromatic rings. The Balaban J connectivity index is 2.05. The van der Waals surface area contributed by atoms with Crippen LogP contribution in [0.3, 0.4) is 0 Å². The summed E-state index contributed by atoms with van der Waals surface area (Å²) in [4.78, 5) is 23.7. The van der Waals surface area contributed by atoms with Gasteiger partial charge in [0, 0.05) is 12.1 Å². The molecule has 8 nitrogen and oxygen atoms in total. The lowest BCUT2D eigenvalue weighted by Gasteiger charge is -2.20. The maximum Gasteiger partial charge on any atom is 0.321 e. The number of hydrogen-bond donors (Lipinski definition) is 2. The highest BCUT2D eigenvalue weighted by molar-refractivity contribution is 7.99. The molecule has 0 fully saturated rings. The molecule has 0 aliphatic carbocycles. The molecule has 2 heterocycles. The second-order valence-electron chi connectivity index (χ2n) is 6.64. The van der Waals surface area contributed by atoms with Gasteiger partial charge < -0.3 is 9.73 Å². The molecule has 140 valence electrons. The first-order valence-electron chi connectivity index (χ1n) is 8.04. The third-order valence-corrected chi connectivity index (χ3v) is 4.17. The van der Waals surface area contributed by atoms with Gasteiger partial charge in [0.05, 0.1) is 17.6 Å². The van der Waals surface area contributed by atoms with E-state index in [0.717, 1.165) is 11.3 Å². The Kier molecular flexibility index (Phi) is 6.25. The lowest BCUT2D eigenvalue weighted by molar-refractivity contribution is -0.117. The molecule has 0 bridgehead atoms. The van der Waals surface area contributed by atoms with Crippen LogP contribution in [0, 0.1) is 6.92 Å². The van der Waals surface area contributed by atoms with E-state index in [4.69, 9.17) is 4.42 Å². The van der Waals surface area contributed by atoms with Gasteiger partial charge in [0.1, 0.15) is 5.76 Å². The quantitative estimate of drug-likeness (QED) is 0.593. The molecule has 0 unspecified atom stereocenters. The van der Waals surface area contributed by atoms with Gasteiger partial charge in [-0.3, -0.25) is 14.7 Å². The summed E-state index contributed by atoms with van der Waals surface area (Å²) >= 11 is 1.20. The van der Waals surface area contributed by atoms with E-state index in [-0.39, 0.29) is 5.75 Å². The minimum Gasteiger partial charge on any atom is -0.469 e. The van der Waals surface area contributed by atoms with E-state index in [1.165, 1.54) is 11.8 Å². The number of urea groups is 1. The molecule has 0 radical (unpaired) electrons. The average molecular weight is 377 g/mol. The molecule has 0 aliphatic rings. The number of furan rings is 1. The van der Waals surface area contributed by atoms with E-state index >= 15 is 0 Å². The van der Waals surface area contributed by atoms with E-state index in [0.29, 0.717) is 17.5 Å². The lowest BCUT2D eigenvalue weighted by Crippen LogP contribution is -2.48. The van der Waals surface area contributed by atoms with E-state index in [1.807, 2.05) is 38.3 Å². The van der Waals surface area contributed by atoms with Crippen LogP contribution in [0.15, 0.2) is 34.6 Å². The van der Waals surface area contributed by atoms with Gasteiger partial charge >= 0.3 is 6.03 Å². The molecule has 0 aromatic carbocycles. The summed E-state index contributed by atoms with van der Waals surface area (Å²) < 4.78 is 7.17. The molecule has 0 saturated heterocycles. The predicted molar refractivity (Wildman–Crippen MR) is 99.8 cm³/mol. The normalized spacial score (nSPS) is 11.2. The van der Waals surface area contributed by atoms with E-state index in [9.17, 15) is 9.59 Å². The average Bonchev–Trinajstić information content (AvgIpc) is 3.09. The first kappa shape index (κ1) is 19.8. The Hall–Kier alpha value is -2.55. The minimum atomic E-state index is -0.523. The molecular formula is C17H23N5O3S. The van der Waals surface area contributed by atoms with E-state index in [1.54, 1.807) is 12.3 Å². The van der Waals surface area contributed by atoms with Crippen LogP contribution in [0.2, 0.25) is 0 Å². The fourth-order valence-electron chi connectivity index (χ4n) is 2.17. The summed E-state index contributed by atoms with van der Waals surface area (Å²) in [5.41, 5.74) is 0.416. The maximum atomic E-state index is 12.0. The fourth-order valence-corrected chi connectivity index (χ4v) is 2.92. The highest BCUT2D eigenvalue weighted by atomic mass is 32.2. The summed E-state index contributed by atoms with van der Waals surface area (Å²) in [5, 5.41) is 13.9. The van der Waals surface area contributed by atoms with Gasteiger partial charge in [-0.1, -0.05) is 17.8 Å². The number of imide groups is 1. The third kappa shape index (κ3) is 5.22. The van der Waals surface area contributed by atoms with Gasteiger partial charge in [0.25, 0.3) is 0 Å². The van der Waals surface area contributed by atoms with Crippen molar-refractivity contribution in [1.82, 2.24) is 25.4 Å². The molecule has 3 amide bonds. The second-order valence-corrected chi connectivity index (χ2v) is 7.58. The number of hydrogen-bond acceptors (Lipinski definition) is 6. The number of nitrogens with zero attached hydrogens (tertiary/aromatic N) is 3. The van der Waals surface area contributed by atoms with Crippen LogP contribution in [0.25, 0.3) is 11.4 Å². The van der Waals surface area contributed by atoms with Crippen LogP contribution in [-0.4, -0.2) is 38.0 Å². The van der Waals surface area contributed by atoms with Crippen molar-refractivity contribution in [2.45, 2.75) is 44.9 Å². The standard InChI is InChI=1S/C17H23N5O3S/c1-6-8-22-14(12-7-9-25-11(12)2)20-21-16(22)26-10-13(23)18-15(24)19-17(3,4)5/h6-7,9H,1,8,10H2,2-5H3,(H2,18,19,23,24). The summed E-state index contributed by atoms with van der Waals surface area (Å²) in [6.07, 6.45) is 3.31. The topological polar surface area (TPSA) is 102 Å². The van der Waals surface area contributed by atoms with Crippen LogP contribution in [0.4, 0.5) is 4.79 Å². The SMILES string of the molecule is C=CCn1c(SCC(=O)NC(=O)NC(C)(C)C)nnc1-c1ccoc1C. The van der Waals surface area contributed by atoms with Gasteiger partial charge in [-0.05, 0) is 33.8 Å². The van der Waals surface area contributed by atoms with E-state index < -0.39 is 17.5 Å². The number of aromatic nitrogens is 3. The Labute approximate surface area is 156 Å². The largest absolute Gasteiger partial charge is 0.469 e. The number of nitrogens with one attached hydrogen (secondary N) is 2. The monoisotopic (exact) mass is 377 g/mol. The number of carbonyl (C=O) groups excluding carboxylic acids is 2. The molecule has 0 saturated carbocycles. The van der Waals surface area contributed by atoms with Gasteiger partial charge in [-0.2, -0.15) is 0 Å². The third-order valence-electron chi connectivity index (χ3n) is 3.20. The first-order valence-corrected chi connectivity index (χ1v) is 9.03. The number of rotatable bonds is 6. The van der Waals surface area contributed by atoms with Crippen molar-refractivity contribution >= 4 is 23.7 Å². The van der Waals surface area contributed by atoms with Gasteiger partial charge in [0.2, 0.25) is 5.91 Å². The highest BCUT2D eigenvalue weighted by Crippen LogP contribution is 2.26. The van der Waals surface area contributed by atoms with Crippen molar-refractivity contribution in [3.05, 3.63) is 30.7 Å². The van der Waals surface area contributed by atoms with Crippen molar-refractivity contribution in [1.29, 1.82) is 0 Å². The Morgan fingerprint density at radius 2 is 2.12 bits per heavy atom. The van der Waals surface area contributed by atoms with Crippen LogP contribution in [0.1, 0.15) is 26.5 Å². The summed E-state index contributed by atoms with van der Waals surface area (Å²) in [5.74, 6) is 1.00. The highest BCUT2D eigenvalue weighted by Gasteiger charge is 2.19. The van der Waals surface area contributed by atoms with Crippen molar-refractivity contribution in [3.8, 4) is 11.4 Å². The lowest BCUT2D eigenvalue weighted by atomic mass is 10.1. The molecule has 26 heavy (non-hydrogen) atoms. The van der Waals surface area contributed by atoms with Crippen molar-refractivity contribution in [2.24, 2.45) is 0 Å². The Morgan fingerprint density at radius 3 is 2.69 bits per heavy atom. The summed E-state index contributed by atoms with van der Waals surface area (Å²) in [6, 6.07) is 1.29. The number of amides is 3. The van der Waals surface area contributed by atoms with Crippen molar-refractivity contribution in [3.63, 3.8) is 0 Å². The molecule has 0 spiro atoms. The van der Waals surface area contributed by atoms with Crippen LogP contribution in [-0.2, 0) is 11.3 Å². The van der Waals surface area contributed by atoms with Gasteiger partial charge in [0.15, 0.2) is 11.0 Å². The van der Waals surface area contributed by atoms with Crippen LogP contribution in [0.5, 0.6) is 0 Å². The van der Waals surface area contributed by atoms with Gasteiger partial charge in [-0.15, -0.1) is 16.8 Å². The smallest absolute Gasteiger partial charge is 0.321 e. The Bertz CT molecular complexity index is 804. The number of carbonyl (C=O) groups is 2. The molecule has 0 atom stereocenters. The molecule has 2 rings (SSSR count). The zero-order chi connectivity index (χ0) is 19.3. The fraction of sp³-hybridized carbons (Fsp3) is 0.412. The number of aryl methyl sites for hydroxylation is 1. The molecular weight excluding hydrogens is 354 g/mol. The van der Waals surface area contributed by atoms with Crippen LogP contribution < -0.4 is 10.6 Å². The summed E-state index contributed by atoms with van der Waals surface area (Å²) in [6.45, 7) is 11.6. The molecule has 0 aliphatic heterocycles. The zero-order valence-electron chi connectivity index (χ0n) is 15.3. The van der Waals surface area contributed by atoms with Gasteiger partial charge in [-0.25, -0.2) is 4.79 Å². The Morgan fingerprint density at radius 1 is 1.38 bits per heavy atom. The van der Waals surface area contributed by atoms with Crippen LogP contribution >= 0.6 is 11.8 Å². The molecule has 2 N–H and O–H groups in total. The van der Waals surface area contributed by atoms with E-state index in [2.05, 4.69) is 27.4 Å². The minimum absolute atomic E-state index is 0.0389. The first-order chi connectivity index (χ1) is 12.2. The maximum absolute atomic E-state index is 12.0. The van der Waals surface area contributed by atoms with Crippen molar-refractivity contribution < 1.29 is 14.0 Å². The molecule has 9 heteroatoms. The predicted octanol–water partition coefficient (Wildman–Crippen LogP) is 2.75. The number of thioether (sulfide) groups is 1. The second kappa shape index (κ2) is 8.22. The summed E-state index contributed by atoms with van der Waals surface area (Å²) in [7, 11) is 0. The molecule has 2 aromatic heterocycles.